The Morgan fingerprint density at radius 1 is 1.32 bits per heavy atom. The van der Waals surface area contributed by atoms with Gasteiger partial charge in [0.1, 0.15) is 6.42 Å². The van der Waals surface area contributed by atoms with Gasteiger partial charge in [-0.05, 0) is 18.1 Å². The second kappa shape index (κ2) is 5.22. The van der Waals surface area contributed by atoms with Crippen LogP contribution < -0.4 is 4.90 Å². The van der Waals surface area contributed by atoms with Gasteiger partial charge in [-0.1, -0.05) is 12.1 Å². The molecule has 5 nitrogen and oxygen atoms in total. The zero-order valence-corrected chi connectivity index (χ0v) is 10.9. The van der Waals surface area contributed by atoms with Gasteiger partial charge in [-0.25, -0.2) is 0 Å². The molecule has 19 heavy (non-hydrogen) atoms. The molecule has 0 radical (unpaired) electrons. The molecule has 0 saturated heterocycles. The lowest BCUT2D eigenvalue weighted by molar-refractivity contribution is -0.139. The van der Waals surface area contributed by atoms with Crippen LogP contribution in [-0.4, -0.2) is 31.8 Å². The summed E-state index contributed by atoms with van der Waals surface area (Å²) in [6.07, 6.45) is 0.637. The number of benzene rings is 1. The number of methoxy groups -OCH3 is 1. The average molecular weight is 261 g/mol. The molecule has 0 unspecified atom stereocenters. The lowest BCUT2D eigenvalue weighted by Crippen LogP contribution is -2.32. The van der Waals surface area contributed by atoms with Gasteiger partial charge in [0.15, 0.2) is 5.78 Å². The van der Waals surface area contributed by atoms with Gasteiger partial charge in [0.05, 0.1) is 7.11 Å². The summed E-state index contributed by atoms with van der Waals surface area (Å²) in [5.74, 6) is -0.792. The predicted octanol–water partition coefficient (Wildman–Crippen LogP) is 1.34. The molecule has 0 aromatic heterocycles. The standard InChI is InChI=1S/C14H15NO4/c1-15-11-5-3-4-10(9(11)6-7-13(15)17)12(16)8-14(18)19-2/h3-5H,6-8H2,1-2H3. The normalized spacial score (nSPS) is 14.0. The second-order valence-corrected chi connectivity index (χ2v) is 4.43. The van der Waals surface area contributed by atoms with Gasteiger partial charge in [-0.15, -0.1) is 0 Å². The molecule has 100 valence electrons. The fraction of sp³-hybridized carbons (Fsp3) is 0.357. The molecule has 1 aliphatic rings. The summed E-state index contributed by atoms with van der Waals surface area (Å²) in [4.78, 5) is 36.4. The highest BCUT2D eigenvalue weighted by molar-refractivity contribution is 6.09. The summed E-state index contributed by atoms with van der Waals surface area (Å²) in [6, 6.07) is 5.22. The first kappa shape index (κ1) is 13.3. The molecule has 0 atom stereocenters. The van der Waals surface area contributed by atoms with Crippen molar-refractivity contribution in [1.29, 1.82) is 0 Å². The van der Waals surface area contributed by atoms with Gasteiger partial charge < -0.3 is 9.64 Å². The maximum atomic E-state index is 12.1. The summed E-state index contributed by atoms with van der Waals surface area (Å²) in [5, 5.41) is 0. The third-order valence-electron chi connectivity index (χ3n) is 3.31. The number of carbonyl (C=O) groups excluding carboxylic acids is 3. The first-order valence-electron chi connectivity index (χ1n) is 6.03. The van der Waals surface area contributed by atoms with Crippen molar-refractivity contribution in [2.24, 2.45) is 0 Å². The first-order chi connectivity index (χ1) is 9.04. The molecule has 1 aromatic rings. The van der Waals surface area contributed by atoms with E-state index in [1.165, 1.54) is 7.11 Å². The molecular weight excluding hydrogens is 246 g/mol. The number of Topliss-reactive ketones (excluding diaryl/α,β-unsaturated/α-hetero) is 1. The predicted molar refractivity (Wildman–Crippen MR) is 69.1 cm³/mol. The van der Waals surface area contributed by atoms with Crippen LogP contribution in [-0.2, 0) is 20.7 Å². The Morgan fingerprint density at radius 3 is 2.74 bits per heavy atom. The van der Waals surface area contributed by atoms with Crippen LogP contribution in [0.4, 0.5) is 5.69 Å². The lowest BCUT2D eigenvalue weighted by atomic mass is 9.93. The van der Waals surface area contributed by atoms with Gasteiger partial charge in [-0.3, -0.25) is 14.4 Å². The Hall–Kier alpha value is -2.17. The molecule has 0 spiro atoms. The zero-order valence-electron chi connectivity index (χ0n) is 10.9. The van der Waals surface area contributed by atoms with E-state index in [0.29, 0.717) is 18.4 Å². The molecule has 0 bridgehead atoms. The Bertz CT molecular complexity index is 550. The number of ether oxygens (including phenoxy) is 1. The van der Waals surface area contributed by atoms with Gasteiger partial charge in [0.25, 0.3) is 0 Å². The zero-order chi connectivity index (χ0) is 14.0. The topological polar surface area (TPSA) is 63.7 Å². The molecule has 0 N–H and O–H groups in total. The Labute approximate surface area is 111 Å². The van der Waals surface area contributed by atoms with Crippen molar-refractivity contribution in [3.63, 3.8) is 0 Å². The van der Waals surface area contributed by atoms with Gasteiger partial charge in [0.2, 0.25) is 5.91 Å². The Morgan fingerprint density at radius 2 is 2.05 bits per heavy atom. The van der Waals surface area contributed by atoms with Crippen LogP contribution in [0, 0.1) is 0 Å². The van der Waals surface area contributed by atoms with Crippen LogP contribution in [0.25, 0.3) is 0 Å². The number of anilines is 1. The minimum absolute atomic E-state index is 0.0325. The second-order valence-electron chi connectivity index (χ2n) is 4.43. The minimum Gasteiger partial charge on any atom is -0.469 e. The lowest BCUT2D eigenvalue weighted by Gasteiger charge is -2.27. The number of esters is 1. The number of fused-ring (bicyclic) bond motifs is 1. The summed E-state index contributed by atoms with van der Waals surface area (Å²) in [6.45, 7) is 0. The average Bonchev–Trinajstić information content (AvgIpc) is 2.42. The van der Waals surface area contributed by atoms with Gasteiger partial charge >= 0.3 is 5.97 Å². The number of ketones is 1. The fourth-order valence-corrected chi connectivity index (χ4v) is 2.25. The maximum absolute atomic E-state index is 12.1. The SMILES string of the molecule is COC(=O)CC(=O)c1cccc2c1CCC(=O)N2C. The van der Waals surface area contributed by atoms with E-state index >= 15 is 0 Å². The molecule has 0 fully saturated rings. The molecule has 1 heterocycles. The highest BCUT2D eigenvalue weighted by Crippen LogP contribution is 2.30. The number of amides is 1. The molecule has 1 aromatic carbocycles. The van der Waals surface area contributed by atoms with Crippen LogP contribution in [0.15, 0.2) is 18.2 Å². The maximum Gasteiger partial charge on any atom is 0.313 e. The molecule has 0 saturated carbocycles. The molecule has 2 rings (SSSR count). The summed E-state index contributed by atoms with van der Waals surface area (Å²) >= 11 is 0. The Kier molecular flexibility index (Phi) is 3.64. The van der Waals surface area contributed by atoms with Crippen molar-refractivity contribution in [3.8, 4) is 0 Å². The molecule has 1 amide bonds. The molecular formula is C14H15NO4. The summed E-state index contributed by atoms with van der Waals surface area (Å²) < 4.78 is 4.50. The largest absolute Gasteiger partial charge is 0.469 e. The van der Waals surface area contributed by atoms with Crippen molar-refractivity contribution in [2.45, 2.75) is 19.3 Å². The van der Waals surface area contributed by atoms with Crippen molar-refractivity contribution in [2.75, 3.05) is 19.1 Å². The smallest absolute Gasteiger partial charge is 0.313 e. The third kappa shape index (κ3) is 2.50. The van der Waals surface area contributed by atoms with E-state index in [1.807, 2.05) is 0 Å². The first-order valence-corrected chi connectivity index (χ1v) is 6.03. The molecule has 1 aliphatic heterocycles. The highest BCUT2D eigenvalue weighted by Gasteiger charge is 2.25. The van der Waals surface area contributed by atoms with Crippen LogP contribution in [0.5, 0.6) is 0 Å². The van der Waals surface area contributed by atoms with E-state index < -0.39 is 5.97 Å². The molecule has 0 aliphatic carbocycles. The minimum atomic E-state index is -0.553. The van der Waals surface area contributed by atoms with E-state index in [9.17, 15) is 14.4 Å². The number of nitrogens with zero attached hydrogens (tertiary/aromatic N) is 1. The van der Waals surface area contributed by atoms with Crippen LogP contribution in [0.1, 0.15) is 28.8 Å². The van der Waals surface area contributed by atoms with Crippen LogP contribution in [0.2, 0.25) is 0 Å². The van der Waals surface area contributed by atoms with Crippen molar-refractivity contribution in [3.05, 3.63) is 29.3 Å². The molecule has 5 heteroatoms. The van der Waals surface area contributed by atoms with Crippen LogP contribution >= 0.6 is 0 Å². The van der Waals surface area contributed by atoms with E-state index in [1.54, 1.807) is 30.1 Å². The monoisotopic (exact) mass is 261 g/mol. The highest BCUT2D eigenvalue weighted by atomic mass is 16.5. The van der Waals surface area contributed by atoms with Crippen LogP contribution in [0.3, 0.4) is 0 Å². The summed E-state index contributed by atoms with van der Waals surface area (Å²) in [5.41, 5.74) is 2.08. The van der Waals surface area contributed by atoms with Gasteiger partial charge in [-0.2, -0.15) is 0 Å². The van der Waals surface area contributed by atoms with E-state index in [4.69, 9.17) is 0 Å². The van der Waals surface area contributed by atoms with Crippen molar-refractivity contribution < 1.29 is 19.1 Å². The van der Waals surface area contributed by atoms with Crippen molar-refractivity contribution in [1.82, 2.24) is 0 Å². The number of hydrogen-bond donors (Lipinski definition) is 0. The Balaban J connectivity index is 2.36. The fourth-order valence-electron chi connectivity index (χ4n) is 2.25. The number of rotatable bonds is 3. The van der Waals surface area contributed by atoms with E-state index in [-0.39, 0.29) is 18.1 Å². The van der Waals surface area contributed by atoms with E-state index in [2.05, 4.69) is 4.74 Å². The summed E-state index contributed by atoms with van der Waals surface area (Å²) in [7, 11) is 2.94. The quantitative estimate of drug-likeness (QED) is 0.468. The number of hydrogen-bond acceptors (Lipinski definition) is 4. The van der Waals surface area contributed by atoms with Crippen molar-refractivity contribution >= 4 is 23.3 Å². The number of carbonyl (C=O) groups is 3. The van der Waals surface area contributed by atoms with E-state index in [0.717, 1.165) is 11.3 Å². The third-order valence-corrected chi connectivity index (χ3v) is 3.31. The van der Waals surface area contributed by atoms with Gasteiger partial charge in [0, 0.05) is 24.7 Å².